The van der Waals surface area contributed by atoms with Gasteiger partial charge < -0.3 is 5.32 Å². The highest BCUT2D eigenvalue weighted by molar-refractivity contribution is 7.10. The van der Waals surface area contributed by atoms with Gasteiger partial charge in [0.15, 0.2) is 0 Å². The Kier molecular flexibility index (Phi) is 5.13. The summed E-state index contributed by atoms with van der Waals surface area (Å²) in [4.78, 5) is 0.864. The van der Waals surface area contributed by atoms with Crippen molar-refractivity contribution in [2.75, 3.05) is 6.54 Å². The van der Waals surface area contributed by atoms with Crippen LogP contribution >= 0.6 is 22.9 Å². The first-order chi connectivity index (χ1) is 9.54. The van der Waals surface area contributed by atoms with Crippen LogP contribution in [-0.4, -0.2) is 6.54 Å². The van der Waals surface area contributed by atoms with Crippen LogP contribution in [0, 0.1) is 18.6 Å². The highest BCUT2D eigenvalue weighted by Gasteiger charge is 2.22. The zero-order valence-corrected chi connectivity index (χ0v) is 12.9. The molecular weight excluding hydrogens is 300 g/mol. The standard InChI is InChI=1S/C15H16ClF2NS/c1-3-6-19-14(15-13(16)9(2)8-20-15)11-5-4-10(17)7-12(11)18/h4-5,7-8,14,19H,3,6H2,1-2H3. The zero-order valence-electron chi connectivity index (χ0n) is 11.3. The molecule has 2 rings (SSSR count). The molecule has 2 aromatic rings. The maximum Gasteiger partial charge on any atom is 0.131 e. The summed E-state index contributed by atoms with van der Waals surface area (Å²) in [7, 11) is 0. The average molecular weight is 316 g/mol. The van der Waals surface area contributed by atoms with Crippen LogP contribution in [-0.2, 0) is 0 Å². The molecule has 0 aliphatic rings. The Morgan fingerprint density at radius 1 is 1.35 bits per heavy atom. The van der Waals surface area contributed by atoms with E-state index in [9.17, 15) is 8.78 Å². The molecule has 5 heteroatoms. The van der Waals surface area contributed by atoms with Gasteiger partial charge in [0.25, 0.3) is 0 Å². The fraction of sp³-hybridized carbons (Fsp3) is 0.333. The average Bonchev–Trinajstić information content (AvgIpc) is 2.73. The molecule has 0 radical (unpaired) electrons. The van der Waals surface area contributed by atoms with Crippen molar-refractivity contribution < 1.29 is 8.78 Å². The Morgan fingerprint density at radius 3 is 2.65 bits per heavy atom. The Labute approximate surface area is 126 Å². The van der Waals surface area contributed by atoms with Crippen molar-refractivity contribution in [3.63, 3.8) is 0 Å². The summed E-state index contributed by atoms with van der Waals surface area (Å²) >= 11 is 7.78. The minimum atomic E-state index is -0.575. The van der Waals surface area contributed by atoms with E-state index in [0.717, 1.165) is 29.5 Å². The third-order valence-electron chi connectivity index (χ3n) is 3.06. The summed E-state index contributed by atoms with van der Waals surface area (Å²) < 4.78 is 27.1. The molecule has 20 heavy (non-hydrogen) atoms. The minimum absolute atomic E-state index is 0.346. The van der Waals surface area contributed by atoms with Crippen LogP contribution < -0.4 is 5.32 Å². The van der Waals surface area contributed by atoms with Gasteiger partial charge in [-0.2, -0.15) is 0 Å². The monoisotopic (exact) mass is 315 g/mol. The molecule has 0 fully saturated rings. The quantitative estimate of drug-likeness (QED) is 0.811. The van der Waals surface area contributed by atoms with Crippen LogP contribution in [0.1, 0.15) is 35.4 Å². The molecule has 0 bridgehead atoms. The van der Waals surface area contributed by atoms with Gasteiger partial charge in [0.05, 0.1) is 11.1 Å². The summed E-state index contributed by atoms with van der Waals surface area (Å²) in [6, 6.07) is 3.31. The molecule has 0 saturated heterocycles. The fourth-order valence-electron chi connectivity index (χ4n) is 2.01. The van der Waals surface area contributed by atoms with E-state index in [2.05, 4.69) is 5.32 Å². The van der Waals surface area contributed by atoms with Crippen LogP contribution in [0.2, 0.25) is 5.02 Å². The smallest absolute Gasteiger partial charge is 0.131 e. The van der Waals surface area contributed by atoms with Gasteiger partial charge in [0.2, 0.25) is 0 Å². The lowest BCUT2D eigenvalue weighted by Crippen LogP contribution is -2.23. The van der Waals surface area contributed by atoms with Gasteiger partial charge in [-0.1, -0.05) is 24.6 Å². The number of rotatable bonds is 5. The third kappa shape index (κ3) is 3.19. The molecule has 1 unspecified atom stereocenters. The van der Waals surface area contributed by atoms with Gasteiger partial charge in [-0.25, -0.2) is 8.78 Å². The van der Waals surface area contributed by atoms with Crippen LogP contribution in [0.3, 0.4) is 0 Å². The summed E-state index contributed by atoms with van der Waals surface area (Å²) in [5.74, 6) is -1.13. The lowest BCUT2D eigenvalue weighted by atomic mass is 10.0. The van der Waals surface area contributed by atoms with E-state index >= 15 is 0 Å². The molecule has 1 atom stereocenters. The molecule has 0 spiro atoms. The Bertz CT molecular complexity index is 598. The molecule has 0 amide bonds. The van der Waals surface area contributed by atoms with Gasteiger partial charge in [-0.3, -0.25) is 0 Å². The van der Waals surface area contributed by atoms with Crippen LogP contribution in [0.15, 0.2) is 23.6 Å². The van der Waals surface area contributed by atoms with Crippen LogP contribution in [0.25, 0.3) is 0 Å². The third-order valence-corrected chi connectivity index (χ3v) is 4.84. The van der Waals surface area contributed by atoms with Gasteiger partial charge >= 0.3 is 0 Å². The van der Waals surface area contributed by atoms with E-state index in [0.29, 0.717) is 10.6 Å². The molecule has 1 aromatic carbocycles. The number of aryl methyl sites for hydroxylation is 1. The minimum Gasteiger partial charge on any atom is -0.305 e. The van der Waals surface area contributed by atoms with Crippen molar-refractivity contribution >= 4 is 22.9 Å². The first-order valence-electron chi connectivity index (χ1n) is 6.46. The van der Waals surface area contributed by atoms with Gasteiger partial charge in [-0.15, -0.1) is 11.3 Å². The van der Waals surface area contributed by atoms with Crippen molar-refractivity contribution in [3.05, 3.63) is 56.2 Å². The molecule has 0 aliphatic heterocycles. The Morgan fingerprint density at radius 2 is 2.10 bits per heavy atom. The summed E-state index contributed by atoms with van der Waals surface area (Å²) in [5, 5.41) is 5.87. The maximum absolute atomic E-state index is 14.0. The van der Waals surface area contributed by atoms with Crippen molar-refractivity contribution in [1.82, 2.24) is 5.32 Å². The van der Waals surface area contributed by atoms with Crippen LogP contribution in [0.4, 0.5) is 8.78 Å². The molecule has 108 valence electrons. The molecule has 1 nitrogen and oxygen atoms in total. The van der Waals surface area contributed by atoms with Crippen LogP contribution in [0.5, 0.6) is 0 Å². The van der Waals surface area contributed by atoms with E-state index in [1.807, 2.05) is 19.2 Å². The Hall–Kier alpha value is -0.970. The first kappa shape index (κ1) is 15.4. The summed E-state index contributed by atoms with van der Waals surface area (Å²) in [6.07, 6.45) is 0.918. The molecule has 1 aromatic heterocycles. The molecule has 1 heterocycles. The molecule has 1 N–H and O–H groups in total. The number of halogens is 3. The number of thiophene rings is 1. The largest absolute Gasteiger partial charge is 0.305 e. The predicted molar refractivity (Wildman–Crippen MR) is 80.6 cm³/mol. The number of hydrogen-bond acceptors (Lipinski definition) is 2. The highest BCUT2D eigenvalue weighted by Crippen LogP contribution is 2.36. The molecule has 0 aliphatic carbocycles. The van der Waals surface area contributed by atoms with E-state index in [1.165, 1.54) is 23.5 Å². The topological polar surface area (TPSA) is 12.0 Å². The van der Waals surface area contributed by atoms with Crippen molar-refractivity contribution in [2.24, 2.45) is 0 Å². The SMILES string of the molecule is CCCNC(c1ccc(F)cc1F)c1scc(C)c1Cl. The second-order valence-electron chi connectivity index (χ2n) is 4.65. The lowest BCUT2D eigenvalue weighted by molar-refractivity contribution is 0.536. The molecular formula is C15H16ClF2NS. The maximum atomic E-state index is 14.0. The second kappa shape index (κ2) is 6.66. The highest BCUT2D eigenvalue weighted by atomic mass is 35.5. The summed E-state index contributed by atoms with van der Waals surface area (Å²) in [6.45, 7) is 4.68. The van der Waals surface area contributed by atoms with Crippen molar-refractivity contribution in [2.45, 2.75) is 26.3 Å². The predicted octanol–water partition coefficient (Wildman–Crippen LogP) is 5.08. The summed E-state index contributed by atoms with van der Waals surface area (Å²) in [5.41, 5.74) is 1.39. The van der Waals surface area contributed by atoms with E-state index in [4.69, 9.17) is 11.6 Å². The fourth-order valence-corrected chi connectivity index (χ4v) is 3.41. The molecule has 0 saturated carbocycles. The van der Waals surface area contributed by atoms with Gasteiger partial charge in [-0.05, 0) is 36.9 Å². The van der Waals surface area contributed by atoms with Crippen molar-refractivity contribution in [1.29, 1.82) is 0 Å². The first-order valence-corrected chi connectivity index (χ1v) is 7.72. The van der Waals surface area contributed by atoms with Crippen molar-refractivity contribution in [3.8, 4) is 0 Å². The zero-order chi connectivity index (χ0) is 14.7. The van der Waals surface area contributed by atoms with Gasteiger partial charge in [0.1, 0.15) is 11.6 Å². The number of hydrogen-bond donors (Lipinski definition) is 1. The van der Waals surface area contributed by atoms with E-state index < -0.39 is 11.6 Å². The Balaban J connectivity index is 2.44. The number of nitrogens with one attached hydrogen (secondary N) is 1. The number of benzene rings is 1. The second-order valence-corrected chi connectivity index (χ2v) is 5.94. The van der Waals surface area contributed by atoms with E-state index in [1.54, 1.807) is 0 Å². The normalized spacial score (nSPS) is 12.7. The van der Waals surface area contributed by atoms with Gasteiger partial charge in [0, 0.05) is 16.5 Å². The lowest BCUT2D eigenvalue weighted by Gasteiger charge is -2.19. The van der Waals surface area contributed by atoms with E-state index in [-0.39, 0.29) is 6.04 Å².